The third-order valence-electron chi connectivity index (χ3n) is 2.06. The second-order valence-corrected chi connectivity index (χ2v) is 4.88. The summed E-state index contributed by atoms with van der Waals surface area (Å²) in [4.78, 5) is 21.8. The molecule has 0 spiro atoms. The Hall–Kier alpha value is -1.41. The molecule has 0 bridgehead atoms. The molecule has 0 radical (unpaired) electrons. The van der Waals surface area contributed by atoms with Gasteiger partial charge in [0.05, 0.1) is 16.6 Å². The van der Waals surface area contributed by atoms with Crippen molar-refractivity contribution in [2.45, 2.75) is 19.5 Å². The van der Waals surface area contributed by atoms with Crippen molar-refractivity contribution in [3.8, 4) is 5.75 Å². The summed E-state index contributed by atoms with van der Waals surface area (Å²) in [5.41, 5.74) is -0.0694. The van der Waals surface area contributed by atoms with Crippen molar-refractivity contribution in [1.29, 1.82) is 0 Å². The van der Waals surface area contributed by atoms with Crippen molar-refractivity contribution < 1.29 is 28.2 Å². The lowest BCUT2D eigenvalue weighted by Crippen LogP contribution is -2.15. The third kappa shape index (κ3) is 5.30. The number of alkyl halides is 2. The molecule has 2 N–H and O–H groups in total. The Labute approximate surface area is 126 Å². The lowest BCUT2D eigenvalue weighted by molar-refractivity contribution is -0.138. The Morgan fingerprint density at radius 3 is 2.60 bits per heavy atom. The first kappa shape index (κ1) is 16.6. The molecule has 0 heterocycles. The molecule has 0 aliphatic rings. The van der Waals surface area contributed by atoms with Crippen molar-refractivity contribution in [3.05, 3.63) is 21.6 Å². The zero-order valence-electron chi connectivity index (χ0n) is 9.83. The first-order chi connectivity index (χ1) is 9.29. The van der Waals surface area contributed by atoms with Crippen LogP contribution in [0.1, 0.15) is 12.8 Å². The number of hydrogen-bond donors (Lipinski definition) is 2. The predicted molar refractivity (Wildman–Crippen MR) is 71.3 cm³/mol. The summed E-state index contributed by atoms with van der Waals surface area (Å²) in [6, 6.07) is 2.55. The van der Waals surface area contributed by atoms with Gasteiger partial charge in [-0.15, -0.1) is 0 Å². The number of carbonyl (C=O) groups excluding carboxylic acids is 1. The summed E-state index contributed by atoms with van der Waals surface area (Å²) in [5, 5.41) is 10.9. The van der Waals surface area contributed by atoms with Gasteiger partial charge in [0.25, 0.3) is 0 Å². The highest BCUT2D eigenvalue weighted by molar-refractivity contribution is 9.10. The van der Waals surface area contributed by atoms with E-state index in [-0.39, 0.29) is 33.8 Å². The fourth-order valence-corrected chi connectivity index (χ4v) is 2.20. The van der Waals surface area contributed by atoms with Crippen LogP contribution in [0.25, 0.3) is 0 Å². The van der Waals surface area contributed by atoms with Crippen molar-refractivity contribution in [2.24, 2.45) is 0 Å². The minimum absolute atomic E-state index is 0.0694. The summed E-state index contributed by atoms with van der Waals surface area (Å²) < 4.78 is 29.0. The van der Waals surface area contributed by atoms with Crippen LogP contribution in [-0.2, 0) is 9.59 Å². The third-order valence-corrected chi connectivity index (χ3v) is 2.86. The van der Waals surface area contributed by atoms with E-state index in [1.807, 2.05) is 0 Å². The molecule has 0 aromatic heterocycles. The fraction of sp³-hybridized carbons (Fsp3) is 0.273. The molecule has 1 rings (SSSR count). The van der Waals surface area contributed by atoms with Gasteiger partial charge in [-0.2, -0.15) is 8.78 Å². The summed E-state index contributed by atoms with van der Waals surface area (Å²) in [7, 11) is 0. The molecule has 0 aliphatic carbocycles. The van der Waals surface area contributed by atoms with Crippen molar-refractivity contribution >= 4 is 45.1 Å². The molecule has 0 saturated carbocycles. The second-order valence-electron chi connectivity index (χ2n) is 3.58. The number of ether oxygens (including phenoxy) is 1. The number of benzene rings is 1. The number of aliphatic carboxylic acids is 1. The topological polar surface area (TPSA) is 75.6 Å². The van der Waals surface area contributed by atoms with Gasteiger partial charge in [-0.3, -0.25) is 9.59 Å². The number of rotatable bonds is 6. The maximum Gasteiger partial charge on any atom is 0.387 e. The molecular formula is C11H9BrClF2NO4. The highest BCUT2D eigenvalue weighted by Gasteiger charge is 2.17. The predicted octanol–water partition coefficient (Wildman–Crippen LogP) is 3.51. The molecule has 0 unspecified atom stereocenters. The Bertz CT molecular complexity index is 527. The maximum atomic E-state index is 12.3. The standard InChI is InChI=1S/C11H9BrClF2NO4/c12-6-3-5(13)4-7(10(6)20-11(14)15)16-8(17)1-2-9(18)19/h3-4,11H,1-2H2,(H,16,17)(H,18,19). The van der Waals surface area contributed by atoms with Gasteiger partial charge >= 0.3 is 12.6 Å². The Kier molecular flexibility index (Phi) is 6.15. The summed E-state index contributed by atoms with van der Waals surface area (Å²) >= 11 is 8.74. The van der Waals surface area contributed by atoms with Gasteiger partial charge in [-0.1, -0.05) is 11.6 Å². The van der Waals surface area contributed by atoms with Crippen LogP contribution in [0.2, 0.25) is 5.02 Å². The first-order valence-corrected chi connectivity index (χ1v) is 6.42. The SMILES string of the molecule is O=C(O)CCC(=O)Nc1cc(Cl)cc(Br)c1OC(F)F. The quantitative estimate of drug-likeness (QED) is 0.801. The summed E-state index contributed by atoms with van der Waals surface area (Å²) in [5.74, 6) is -2.08. The molecule has 1 aromatic rings. The number of halogens is 4. The normalized spacial score (nSPS) is 10.4. The van der Waals surface area contributed by atoms with E-state index in [4.69, 9.17) is 16.7 Å². The minimum Gasteiger partial charge on any atom is -0.481 e. The summed E-state index contributed by atoms with van der Waals surface area (Å²) in [6.45, 7) is -3.08. The second kappa shape index (κ2) is 7.39. The molecule has 0 aliphatic heterocycles. The van der Waals surface area contributed by atoms with Crippen LogP contribution in [0.3, 0.4) is 0 Å². The lowest BCUT2D eigenvalue weighted by atomic mass is 10.2. The maximum absolute atomic E-state index is 12.3. The Morgan fingerprint density at radius 2 is 2.05 bits per heavy atom. The van der Waals surface area contributed by atoms with Crippen LogP contribution in [0, 0.1) is 0 Å². The van der Waals surface area contributed by atoms with Crippen molar-refractivity contribution in [3.63, 3.8) is 0 Å². The molecule has 1 amide bonds. The van der Waals surface area contributed by atoms with E-state index in [1.54, 1.807) is 0 Å². The van der Waals surface area contributed by atoms with Crippen molar-refractivity contribution in [2.75, 3.05) is 5.32 Å². The number of anilines is 1. The van der Waals surface area contributed by atoms with Gasteiger partial charge in [0.2, 0.25) is 5.91 Å². The van der Waals surface area contributed by atoms with Gasteiger partial charge < -0.3 is 15.2 Å². The van der Waals surface area contributed by atoms with Crippen LogP contribution in [-0.4, -0.2) is 23.6 Å². The molecule has 5 nitrogen and oxygen atoms in total. The van der Waals surface area contributed by atoms with E-state index >= 15 is 0 Å². The summed E-state index contributed by atoms with van der Waals surface area (Å²) in [6.07, 6.45) is -0.674. The van der Waals surface area contributed by atoms with Crippen LogP contribution in [0.5, 0.6) is 5.75 Å². The van der Waals surface area contributed by atoms with Gasteiger partial charge in [0.15, 0.2) is 5.75 Å². The smallest absolute Gasteiger partial charge is 0.387 e. The number of amides is 1. The number of hydrogen-bond acceptors (Lipinski definition) is 3. The number of carboxylic acid groups (broad SMARTS) is 1. The molecule has 0 saturated heterocycles. The van der Waals surface area contributed by atoms with E-state index < -0.39 is 18.5 Å². The van der Waals surface area contributed by atoms with Crippen molar-refractivity contribution in [1.82, 2.24) is 0 Å². The first-order valence-electron chi connectivity index (χ1n) is 5.25. The zero-order chi connectivity index (χ0) is 15.3. The molecule has 0 atom stereocenters. The van der Waals surface area contributed by atoms with E-state index in [0.717, 1.165) is 0 Å². The number of carbonyl (C=O) groups is 2. The van der Waals surface area contributed by atoms with Crippen LogP contribution in [0.15, 0.2) is 16.6 Å². The van der Waals surface area contributed by atoms with Gasteiger partial charge in [0, 0.05) is 11.4 Å². The molecular weight excluding hydrogens is 363 g/mol. The minimum atomic E-state index is -3.08. The molecule has 0 fully saturated rings. The Morgan fingerprint density at radius 1 is 1.40 bits per heavy atom. The number of carboxylic acids is 1. The molecule has 9 heteroatoms. The van der Waals surface area contributed by atoms with Gasteiger partial charge in [0.1, 0.15) is 0 Å². The molecule has 20 heavy (non-hydrogen) atoms. The average Bonchev–Trinajstić information content (AvgIpc) is 2.30. The highest BCUT2D eigenvalue weighted by atomic mass is 79.9. The van der Waals surface area contributed by atoms with Gasteiger partial charge in [-0.05, 0) is 28.1 Å². The molecule has 110 valence electrons. The number of nitrogens with one attached hydrogen (secondary N) is 1. The fourth-order valence-electron chi connectivity index (χ4n) is 1.30. The van der Waals surface area contributed by atoms with E-state index in [9.17, 15) is 18.4 Å². The highest BCUT2D eigenvalue weighted by Crippen LogP contribution is 2.37. The van der Waals surface area contributed by atoms with E-state index in [0.29, 0.717) is 0 Å². The van der Waals surface area contributed by atoms with Crippen LogP contribution >= 0.6 is 27.5 Å². The average molecular weight is 373 g/mol. The van der Waals surface area contributed by atoms with E-state index in [2.05, 4.69) is 26.0 Å². The lowest BCUT2D eigenvalue weighted by Gasteiger charge is -2.14. The van der Waals surface area contributed by atoms with Crippen LogP contribution in [0.4, 0.5) is 14.5 Å². The van der Waals surface area contributed by atoms with Gasteiger partial charge in [-0.25, -0.2) is 0 Å². The molecule has 1 aromatic carbocycles. The van der Waals surface area contributed by atoms with E-state index in [1.165, 1.54) is 12.1 Å². The van der Waals surface area contributed by atoms with Crippen LogP contribution < -0.4 is 10.1 Å². The monoisotopic (exact) mass is 371 g/mol. The largest absolute Gasteiger partial charge is 0.481 e. The zero-order valence-corrected chi connectivity index (χ0v) is 12.2. The Balaban J connectivity index is 2.92.